The number of urea groups is 1. The van der Waals surface area contributed by atoms with Gasteiger partial charge in [-0.25, -0.2) is 4.79 Å². The van der Waals surface area contributed by atoms with Crippen LogP contribution < -0.4 is 20.5 Å². The molecule has 0 radical (unpaired) electrons. The number of benzene rings is 1. The minimum absolute atomic E-state index is 0.0302. The topological polar surface area (TPSA) is 76.8 Å². The first kappa shape index (κ1) is 13.5. The zero-order valence-electron chi connectivity index (χ0n) is 11.0. The van der Waals surface area contributed by atoms with Crippen LogP contribution in [0.25, 0.3) is 0 Å². The van der Waals surface area contributed by atoms with Crippen molar-refractivity contribution < 1.29 is 14.3 Å². The average Bonchev–Trinajstić information content (AvgIpc) is 2.84. The van der Waals surface area contributed by atoms with Crippen LogP contribution in [-0.2, 0) is 6.54 Å². The molecule has 1 aromatic rings. The van der Waals surface area contributed by atoms with E-state index in [4.69, 9.17) is 15.2 Å². The Morgan fingerprint density at radius 3 is 2.95 bits per heavy atom. The Labute approximate surface area is 112 Å². The van der Waals surface area contributed by atoms with Gasteiger partial charge in [-0.2, -0.15) is 0 Å². The molecular weight excluding hydrogens is 246 g/mol. The molecule has 2 rings (SSSR count). The maximum atomic E-state index is 11.3. The minimum atomic E-state index is -0.0302. The number of ether oxygens (including phenoxy) is 2. The van der Waals surface area contributed by atoms with Crippen LogP contribution in [0.15, 0.2) is 18.2 Å². The van der Waals surface area contributed by atoms with E-state index in [2.05, 4.69) is 5.32 Å². The van der Waals surface area contributed by atoms with Crippen LogP contribution in [0.1, 0.15) is 5.56 Å². The van der Waals surface area contributed by atoms with Crippen molar-refractivity contribution in [2.45, 2.75) is 6.54 Å². The number of carbonyl (C=O) groups is 1. The smallest absolute Gasteiger partial charge is 0.317 e. The second-order valence-electron chi connectivity index (χ2n) is 4.25. The van der Waals surface area contributed by atoms with Gasteiger partial charge >= 0.3 is 6.03 Å². The van der Waals surface area contributed by atoms with Crippen LogP contribution in [0.4, 0.5) is 4.79 Å². The molecule has 3 N–H and O–H groups in total. The lowest BCUT2D eigenvalue weighted by molar-refractivity contribution is 0.202. The van der Waals surface area contributed by atoms with Gasteiger partial charge < -0.3 is 25.4 Å². The van der Waals surface area contributed by atoms with Crippen molar-refractivity contribution in [3.05, 3.63) is 23.8 Å². The Hall–Kier alpha value is -1.95. The molecule has 1 aromatic carbocycles. The van der Waals surface area contributed by atoms with Gasteiger partial charge in [0.1, 0.15) is 18.1 Å². The van der Waals surface area contributed by atoms with Gasteiger partial charge in [0, 0.05) is 25.2 Å². The molecule has 6 nitrogen and oxygen atoms in total. The summed E-state index contributed by atoms with van der Waals surface area (Å²) in [5.74, 6) is 1.50. The van der Waals surface area contributed by atoms with Gasteiger partial charge in [-0.15, -0.1) is 0 Å². The summed E-state index contributed by atoms with van der Waals surface area (Å²) in [4.78, 5) is 13.1. The standard InChI is InChI=1S/C13H19N3O3/c1-18-11-2-3-12(10(8-11)9-14)19-7-6-16-5-4-15-13(16)17/h2-3,8H,4-7,9,14H2,1H3,(H,15,17). The van der Waals surface area contributed by atoms with E-state index >= 15 is 0 Å². The number of carbonyl (C=O) groups excluding carboxylic acids is 1. The Morgan fingerprint density at radius 2 is 2.32 bits per heavy atom. The van der Waals surface area contributed by atoms with E-state index < -0.39 is 0 Å². The van der Waals surface area contributed by atoms with Crippen molar-refractivity contribution in [2.75, 3.05) is 33.4 Å². The fourth-order valence-electron chi connectivity index (χ4n) is 1.97. The predicted octanol–water partition coefficient (Wildman–Crippen LogP) is 0.558. The van der Waals surface area contributed by atoms with Crippen LogP contribution in [0, 0.1) is 0 Å². The summed E-state index contributed by atoms with van der Waals surface area (Å²) in [6.45, 7) is 2.84. The van der Waals surface area contributed by atoms with Crippen molar-refractivity contribution in [2.24, 2.45) is 5.73 Å². The van der Waals surface area contributed by atoms with Gasteiger partial charge in [-0.05, 0) is 18.2 Å². The molecule has 104 valence electrons. The quantitative estimate of drug-likeness (QED) is 0.788. The van der Waals surface area contributed by atoms with Gasteiger partial charge in [0.2, 0.25) is 0 Å². The highest BCUT2D eigenvalue weighted by Crippen LogP contribution is 2.23. The highest BCUT2D eigenvalue weighted by atomic mass is 16.5. The molecule has 1 fully saturated rings. The summed E-state index contributed by atoms with van der Waals surface area (Å²) in [6.07, 6.45) is 0. The summed E-state index contributed by atoms with van der Waals surface area (Å²) in [6, 6.07) is 5.50. The molecule has 0 saturated carbocycles. The van der Waals surface area contributed by atoms with E-state index in [1.54, 1.807) is 12.0 Å². The van der Waals surface area contributed by atoms with Crippen LogP contribution in [0.5, 0.6) is 11.5 Å². The largest absolute Gasteiger partial charge is 0.497 e. The molecule has 19 heavy (non-hydrogen) atoms. The van der Waals surface area contributed by atoms with Gasteiger partial charge in [0.05, 0.1) is 13.7 Å². The van der Waals surface area contributed by atoms with Gasteiger partial charge in [0.15, 0.2) is 0 Å². The lowest BCUT2D eigenvalue weighted by Gasteiger charge is -2.16. The molecule has 0 unspecified atom stereocenters. The summed E-state index contributed by atoms with van der Waals surface area (Å²) < 4.78 is 10.8. The molecule has 1 heterocycles. The van der Waals surface area contributed by atoms with Crippen LogP contribution in [0.3, 0.4) is 0 Å². The maximum absolute atomic E-state index is 11.3. The van der Waals surface area contributed by atoms with Gasteiger partial charge in [-0.3, -0.25) is 0 Å². The highest BCUT2D eigenvalue weighted by Gasteiger charge is 2.18. The molecule has 1 saturated heterocycles. The fourth-order valence-corrected chi connectivity index (χ4v) is 1.97. The van der Waals surface area contributed by atoms with E-state index in [0.29, 0.717) is 26.2 Å². The lowest BCUT2D eigenvalue weighted by Crippen LogP contribution is -2.31. The number of nitrogens with one attached hydrogen (secondary N) is 1. The zero-order valence-corrected chi connectivity index (χ0v) is 11.0. The molecule has 0 bridgehead atoms. The fraction of sp³-hybridized carbons (Fsp3) is 0.462. The summed E-state index contributed by atoms with van der Waals surface area (Å²) in [7, 11) is 1.61. The van der Waals surface area contributed by atoms with Crippen molar-refractivity contribution in [3.63, 3.8) is 0 Å². The van der Waals surface area contributed by atoms with E-state index in [0.717, 1.165) is 23.6 Å². The molecule has 0 aliphatic carbocycles. The Balaban J connectivity index is 1.90. The first-order valence-corrected chi connectivity index (χ1v) is 6.27. The Morgan fingerprint density at radius 1 is 1.47 bits per heavy atom. The third-order valence-electron chi connectivity index (χ3n) is 3.05. The normalized spacial score (nSPS) is 14.4. The first-order chi connectivity index (χ1) is 9.24. The average molecular weight is 265 g/mol. The van der Waals surface area contributed by atoms with Crippen LogP contribution in [0.2, 0.25) is 0 Å². The highest BCUT2D eigenvalue weighted by molar-refractivity contribution is 5.76. The van der Waals surface area contributed by atoms with Crippen molar-refractivity contribution in [1.29, 1.82) is 0 Å². The number of amides is 2. The molecular formula is C13H19N3O3. The number of methoxy groups -OCH3 is 1. The van der Waals surface area contributed by atoms with E-state index in [9.17, 15) is 4.79 Å². The van der Waals surface area contributed by atoms with E-state index in [1.807, 2.05) is 18.2 Å². The lowest BCUT2D eigenvalue weighted by atomic mass is 10.2. The van der Waals surface area contributed by atoms with Crippen molar-refractivity contribution in [3.8, 4) is 11.5 Å². The molecule has 1 aliphatic rings. The first-order valence-electron chi connectivity index (χ1n) is 6.27. The number of nitrogens with two attached hydrogens (primary N) is 1. The zero-order chi connectivity index (χ0) is 13.7. The predicted molar refractivity (Wildman–Crippen MR) is 71.4 cm³/mol. The van der Waals surface area contributed by atoms with Crippen molar-refractivity contribution >= 4 is 6.03 Å². The Kier molecular flexibility index (Phi) is 4.46. The molecule has 2 amide bonds. The number of rotatable bonds is 6. The summed E-state index contributed by atoms with van der Waals surface area (Å²) in [5.41, 5.74) is 6.57. The summed E-state index contributed by atoms with van der Waals surface area (Å²) >= 11 is 0. The number of hydrogen-bond acceptors (Lipinski definition) is 4. The molecule has 0 atom stereocenters. The molecule has 0 spiro atoms. The second-order valence-corrected chi connectivity index (χ2v) is 4.25. The number of nitrogens with zero attached hydrogens (tertiary/aromatic N) is 1. The third kappa shape index (κ3) is 3.29. The van der Waals surface area contributed by atoms with Crippen LogP contribution in [-0.4, -0.2) is 44.3 Å². The van der Waals surface area contributed by atoms with E-state index in [-0.39, 0.29) is 6.03 Å². The SMILES string of the molecule is COc1ccc(OCCN2CCNC2=O)c(CN)c1. The second kappa shape index (κ2) is 6.29. The molecule has 0 aromatic heterocycles. The number of hydrogen-bond donors (Lipinski definition) is 2. The van der Waals surface area contributed by atoms with Gasteiger partial charge in [-0.1, -0.05) is 0 Å². The van der Waals surface area contributed by atoms with E-state index in [1.165, 1.54) is 0 Å². The summed E-state index contributed by atoms with van der Waals surface area (Å²) in [5, 5.41) is 2.75. The monoisotopic (exact) mass is 265 g/mol. The minimum Gasteiger partial charge on any atom is -0.497 e. The third-order valence-corrected chi connectivity index (χ3v) is 3.05. The van der Waals surface area contributed by atoms with Crippen LogP contribution >= 0.6 is 0 Å². The molecule has 6 heteroatoms. The maximum Gasteiger partial charge on any atom is 0.317 e. The molecule has 1 aliphatic heterocycles. The van der Waals surface area contributed by atoms with Crippen molar-refractivity contribution in [1.82, 2.24) is 10.2 Å². The van der Waals surface area contributed by atoms with Gasteiger partial charge in [0.25, 0.3) is 0 Å². The Bertz CT molecular complexity index is 451.